The van der Waals surface area contributed by atoms with Gasteiger partial charge in [-0.25, -0.2) is 4.79 Å². The molecule has 15 heavy (non-hydrogen) atoms. The molecular weight excluding hydrogens is 192 g/mol. The maximum Gasteiger partial charge on any atom is 0.339 e. The lowest BCUT2D eigenvalue weighted by Gasteiger charge is -2.07. The Morgan fingerprint density at radius 2 is 1.93 bits per heavy atom. The Bertz CT molecular complexity index is 178. The highest BCUT2D eigenvalue weighted by Crippen LogP contribution is 2.09. The first kappa shape index (κ1) is 14.2. The second-order valence-corrected chi connectivity index (χ2v) is 3.68. The number of ether oxygens (including phenoxy) is 1. The van der Waals surface area contributed by atoms with Gasteiger partial charge in [-0.3, -0.25) is 0 Å². The molecule has 3 nitrogen and oxygen atoms in total. The quantitative estimate of drug-likeness (QED) is 0.365. The van der Waals surface area contributed by atoms with Crippen LogP contribution in [0.4, 0.5) is 0 Å². The van der Waals surface area contributed by atoms with Crippen LogP contribution in [-0.4, -0.2) is 17.2 Å². The van der Waals surface area contributed by atoms with Gasteiger partial charge in [-0.1, -0.05) is 52.0 Å². The molecule has 3 heteroatoms. The lowest BCUT2D eigenvalue weighted by atomic mass is 10.1. The highest BCUT2D eigenvalue weighted by molar-refractivity contribution is 5.74. The second kappa shape index (κ2) is 9.71. The maximum absolute atomic E-state index is 11.0. The zero-order valence-corrected chi connectivity index (χ0v) is 9.58. The van der Waals surface area contributed by atoms with Crippen molar-refractivity contribution in [1.82, 2.24) is 0 Å². The molecule has 0 aliphatic heterocycles. The van der Waals surface area contributed by atoms with E-state index in [4.69, 9.17) is 0 Å². The largest absolute Gasteiger partial charge is 0.433 e. The predicted octanol–water partition coefficient (Wildman–Crippen LogP) is 2.78. The standard InChI is InChI=1S/C12H22O3/c1-3-5-6-7-8-9-10-11(13)12(14)15-4-2/h4,11,13H,2-3,5-10H2,1H3. The van der Waals surface area contributed by atoms with E-state index in [1.807, 2.05) is 0 Å². The smallest absolute Gasteiger partial charge is 0.339 e. The highest BCUT2D eigenvalue weighted by atomic mass is 16.5. The molecule has 0 rings (SSSR count). The van der Waals surface area contributed by atoms with Crippen molar-refractivity contribution in [2.24, 2.45) is 0 Å². The normalized spacial score (nSPS) is 12.1. The van der Waals surface area contributed by atoms with Crippen LogP contribution in [0, 0.1) is 0 Å². The first-order chi connectivity index (χ1) is 7.22. The van der Waals surface area contributed by atoms with Crippen LogP contribution in [-0.2, 0) is 9.53 Å². The van der Waals surface area contributed by atoms with E-state index < -0.39 is 12.1 Å². The van der Waals surface area contributed by atoms with Crippen LogP contribution in [0.3, 0.4) is 0 Å². The van der Waals surface area contributed by atoms with E-state index in [0.29, 0.717) is 6.42 Å². The molecule has 1 unspecified atom stereocenters. The average molecular weight is 214 g/mol. The number of esters is 1. The Kier molecular flexibility index (Phi) is 9.18. The SMILES string of the molecule is C=COC(=O)C(O)CCCCCCCC. The van der Waals surface area contributed by atoms with Gasteiger partial charge in [-0.05, 0) is 6.42 Å². The topological polar surface area (TPSA) is 46.5 Å². The summed E-state index contributed by atoms with van der Waals surface area (Å²) in [7, 11) is 0. The first-order valence-electron chi connectivity index (χ1n) is 5.71. The fraction of sp³-hybridized carbons (Fsp3) is 0.750. The Hall–Kier alpha value is -0.830. The Morgan fingerprint density at radius 3 is 2.53 bits per heavy atom. The van der Waals surface area contributed by atoms with Crippen molar-refractivity contribution in [3.63, 3.8) is 0 Å². The summed E-state index contributed by atoms with van der Waals surface area (Å²) in [6.45, 7) is 5.43. The summed E-state index contributed by atoms with van der Waals surface area (Å²) in [5.74, 6) is -0.599. The zero-order valence-electron chi connectivity index (χ0n) is 9.58. The summed E-state index contributed by atoms with van der Waals surface area (Å²) >= 11 is 0. The van der Waals surface area contributed by atoms with Gasteiger partial charge in [0.15, 0.2) is 6.10 Å². The molecule has 0 fully saturated rings. The van der Waals surface area contributed by atoms with Gasteiger partial charge >= 0.3 is 5.97 Å². The Balaban J connectivity index is 3.34. The van der Waals surface area contributed by atoms with Crippen LogP contribution < -0.4 is 0 Å². The summed E-state index contributed by atoms with van der Waals surface area (Å²) in [4.78, 5) is 11.0. The fourth-order valence-corrected chi connectivity index (χ4v) is 1.40. The molecule has 1 N–H and O–H groups in total. The summed E-state index contributed by atoms with van der Waals surface area (Å²) < 4.78 is 4.47. The van der Waals surface area contributed by atoms with Crippen molar-refractivity contribution in [3.05, 3.63) is 12.8 Å². The molecular formula is C12H22O3. The van der Waals surface area contributed by atoms with Gasteiger partial charge < -0.3 is 9.84 Å². The Labute approximate surface area is 92.1 Å². The summed E-state index contributed by atoms with van der Waals surface area (Å²) in [6, 6.07) is 0. The lowest BCUT2D eigenvalue weighted by Crippen LogP contribution is -2.20. The Morgan fingerprint density at radius 1 is 1.33 bits per heavy atom. The third kappa shape index (κ3) is 8.18. The third-order valence-electron chi connectivity index (χ3n) is 2.30. The van der Waals surface area contributed by atoms with Gasteiger partial charge in [0.25, 0.3) is 0 Å². The van der Waals surface area contributed by atoms with E-state index in [2.05, 4.69) is 18.2 Å². The van der Waals surface area contributed by atoms with Gasteiger partial charge in [-0.2, -0.15) is 0 Å². The zero-order chi connectivity index (χ0) is 11.5. The second-order valence-electron chi connectivity index (χ2n) is 3.68. The highest BCUT2D eigenvalue weighted by Gasteiger charge is 2.14. The molecule has 0 aromatic heterocycles. The third-order valence-corrected chi connectivity index (χ3v) is 2.30. The van der Waals surface area contributed by atoms with E-state index >= 15 is 0 Å². The van der Waals surface area contributed by atoms with Crippen molar-refractivity contribution in [2.75, 3.05) is 0 Å². The summed E-state index contributed by atoms with van der Waals surface area (Å²) in [5, 5.41) is 9.33. The van der Waals surface area contributed by atoms with Crippen LogP contribution >= 0.6 is 0 Å². The number of aliphatic hydroxyl groups excluding tert-OH is 1. The number of aliphatic hydroxyl groups is 1. The van der Waals surface area contributed by atoms with Gasteiger partial charge in [0.05, 0.1) is 6.26 Å². The van der Waals surface area contributed by atoms with Crippen molar-refractivity contribution in [3.8, 4) is 0 Å². The molecule has 88 valence electrons. The van der Waals surface area contributed by atoms with Gasteiger partial charge in [0.2, 0.25) is 0 Å². The minimum atomic E-state index is -0.992. The minimum absolute atomic E-state index is 0.485. The molecule has 0 aliphatic carbocycles. The van der Waals surface area contributed by atoms with E-state index in [-0.39, 0.29) is 0 Å². The van der Waals surface area contributed by atoms with Gasteiger partial charge in [0.1, 0.15) is 0 Å². The molecule has 1 atom stereocenters. The minimum Gasteiger partial charge on any atom is -0.433 e. The lowest BCUT2D eigenvalue weighted by molar-refractivity contribution is -0.147. The molecule has 0 bridgehead atoms. The van der Waals surface area contributed by atoms with Crippen LogP contribution in [0.25, 0.3) is 0 Å². The number of rotatable bonds is 9. The van der Waals surface area contributed by atoms with Crippen molar-refractivity contribution < 1.29 is 14.6 Å². The number of hydrogen-bond donors (Lipinski definition) is 1. The number of unbranched alkanes of at least 4 members (excludes halogenated alkanes) is 5. The molecule has 0 aliphatic rings. The van der Waals surface area contributed by atoms with Crippen LogP contribution in [0.5, 0.6) is 0 Å². The van der Waals surface area contributed by atoms with Crippen LogP contribution in [0.1, 0.15) is 51.9 Å². The van der Waals surface area contributed by atoms with Crippen LogP contribution in [0.2, 0.25) is 0 Å². The maximum atomic E-state index is 11.0. The number of carbonyl (C=O) groups is 1. The summed E-state index contributed by atoms with van der Waals surface area (Å²) in [5.41, 5.74) is 0. The first-order valence-corrected chi connectivity index (χ1v) is 5.71. The molecule has 0 spiro atoms. The average Bonchev–Trinajstić information content (AvgIpc) is 2.23. The molecule has 0 saturated heterocycles. The van der Waals surface area contributed by atoms with Crippen molar-refractivity contribution >= 4 is 5.97 Å². The number of carbonyl (C=O) groups excluding carboxylic acids is 1. The molecule has 0 amide bonds. The molecule has 0 heterocycles. The predicted molar refractivity (Wildman–Crippen MR) is 60.3 cm³/mol. The molecule has 0 radical (unpaired) electrons. The molecule has 0 aromatic rings. The van der Waals surface area contributed by atoms with E-state index in [9.17, 15) is 9.90 Å². The van der Waals surface area contributed by atoms with Crippen molar-refractivity contribution in [1.29, 1.82) is 0 Å². The monoisotopic (exact) mass is 214 g/mol. The van der Waals surface area contributed by atoms with Gasteiger partial charge in [-0.15, -0.1) is 0 Å². The van der Waals surface area contributed by atoms with Gasteiger partial charge in [0, 0.05) is 0 Å². The van der Waals surface area contributed by atoms with Crippen molar-refractivity contribution in [2.45, 2.75) is 58.0 Å². The molecule has 0 aromatic carbocycles. The van der Waals surface area contributed by atoms with E-state index in [0.717, 1.165) is 19.1 Å². The van der Waals surface area contributed by atoms with E-state index in [1.165, 1.54) is 25.7 Å². The molecule has 0 saturated carbocycles. The summed E-state index contributed by atoms with van der Waals surface area (Å²) in [6.07, 6.45) is 7.39. The van der Waals surface area contributed by atoms with Crippen LogP contribution in [0.15, 0.2) is 12.8 Å². The number of hydrogen-bond acceptors (Lipinski definition) is 3. The fourth-order valence-electron chi connectivity index (χ4n) is 1.40. The van der Waals surface area contributed by atoms with E-state index in [1.54, 1.807) is 0 Å².